The van der Waals surface area contributed by atoms with Gasteiger partial charge >= 0.3 is 5.69 Å². The lowest BCUT2D eigenvalue weighted by molar-refractivity contribution is -0.394. The first-order chi connectivity index (χ1) is 9.43. The number of nitriles is 1. The summed E-state index contributed by atoms with van der Waals surface area (Å²) < 4.78 is 1.21. The number of aromatic nitrogens is 2. The summed E-state index contributed by atoms with van der Waals surface area (Å²) in [5.41, 5.74) is -0.145. The van der Waals surface area contributed by atoms with Crippen molar-refractivity contribution < 1.29 is 9.85 Å². The highest BCUT2D eigenvalue weighted by Crippen LogP contribution is 2.28. The lowest BCUT2D eigenvalue weighted by Crippen LogP contribution is -2.04. The number of non-ortho nitro benzene ring substituents is 1. The average molecular weight is 273 g/mol. The number of hydrogen-bond donors (Lipinski definition) is 0. The van der Waals surface area contributed by atoms with Crippen LogP contribution in [-0.4, -0.2) is 19.6 Å². The third-order valence-electron chi connectivity index (χ3n) is 2.60. The van der Waals surface area contributed by atoms with Gasteiger partial charge in [0.25, 0.3) is 5.69 Å². The summed E-state index contributed by atoms with van der Waals surface area (Å²) in [4.78, 5) is 20.3. The molecule has 0 radical (unpaired) electrons. The number of benzene rings is 1. The van der Waals surface area contributed by atoms with E-state index in [-0.39, 0.29) is 17.1 Å². The molecule has 2 aromatic rings. The Balaban J connectivity index is 2.67. The van der Waals surface area contributed by atoms with Crippen molar-refractivity contribution in [3.63, 3.8) is 0 Å². The lowest BCUT2D eigenvalue weighted by Gasteiger charge is -2.04. The molecule has 9 heteroatoms. The molecule has 0 atom stereocenters. The molecular formula is C11H7N5O4. The molecule has 1 heterocycles. The number of aryl methyl sites for hydroxylation is 1. The second-order valence-corrected chi connectivity index (χ2v) is 3.88. The second-order valence-electron chi connectivity index (χ2n) is 3.88. The second kappa shape index (κ2) is 4.77. The minimum Gasteiger partial charge on any atom is -0.258 e. The van der Waals surface area contributed by atoms with Crippen LogP contribution in [0.1, 0.15) is 11.4 Å². The molecule has 0 aliphatic heterocycles. The van der Waals surface area contributed by atoms with E-state index in [1.54, 1.807) is 6.92 Å². The van der Waals surface area contributed by atoms with Gasteiger partial charge in [0.15, 0.2) is 5.69 Å². The molecule has 0 unspecified atom stereocenters. The summed E-state index contributed by atoms with van der Waals surface area (Å²) in [7, 11) is 0. The minimum atomic E-state index is -0.727. The summed E-state index contributed by atoms with van der Waals surface area (Å²) in [5.74, 6) is 0. The third-order valence-corrected chi connectivity index (χ3v) is 2.60. The van der Waals surface area contributed by atoms with E-state index in [0.717, 1.165) is 12.1 Å². The van der Waals surface area contributed by atoms with Crippen molar-refractivity contribution in [1.82, 2.24) is 9.78 Å². The molecule has 0 saturated heterocycles. The van der Waals surface area contributed by atoms with E-state index in [1.807, 2.05) is 6.07 Å². The largest absolute Gasteiger partial charge is 0.301 e. The van der Waals surface area contributed by atoms with Gasteiger partial charge in [0, 0.05) is 11.8 Å². The Morgan fingerprint density at radius 3 is 2.45 bits per heavy atom. The predicted molar refractivity (Wildman–Crippen MR) is 66.3 cm³/mol. The number of rotatable bonds is 3. The summed E-state index contributed by atoms with van der Waals surface area (Å²) in [6, 6.07) is 6.54. The van der Waals surface area contributed by atoms with E-state index in [4.69, 9.17) is 5.26 Å². The Kier molecular flexibility index (Phi) is 3.14. The minimum absolute atomic E-state index is 0.0691. The van der Waals surface area contributed by atoms with Gasteiger partial charge in [-0.1, -0.05) is 0 Å². The molecule has 0 spiro atoms. The van der Waals surface area contributed by atoms with Crippen molar-refractivity contribution in [1.29, 1.82) is 5.26 Å². The van der Waals surface area contributed by atoms with Gasteiger partial charge in [0.2, 0.25) is 0 Å². The highest BCUT2D eigenvalue weighted by atomic mass is 16.6. The molecule has 0 saturated carbocycles. The van der Waals surface area contributed by atoms with Gasteiger partial charge in [-0.2, -0.15) is 10.4 Å². The van der Waals surface area contributed by atoms with Crippen LogP contribution in [0, 0.1) is 38.5 Å². The van der Waals surface area contributed by atoms with Crippen molar-refractivity contribution in [2.24, 2.45) is 0 Å². The molecule has 0 N–H and O–H groups in total. The van der Waals surface area contributed by atoms with Gasteiger partial charge in [-0.05, 0) is 19.1 Å². The zero-order valence-electron chi connectivity index (χ0n) is 10.2. The van der Waals surface area contributed by atoms with Crippen molar-refractivity contribution in [2.45, 2.75) is 6.92 Å². The predicted octanol–water partition coefficient (Wildman–Crippen LogP) is 1.87. The number of nitro groups is 2. The molecule has 0 aliphatic rings. The van der Waals surface area contributed by atoms with E-state index >= 15 is 0 Å². The molecule has 100 valence electrons. The zero-order valence-corrected chi connectivity index (χ0v) is 10.2. The SMILES string of the molecule is Cc1cc(C#N)nn1-c1ccc([N+](=O)[O-])cc1[N+](=O)[O-]. The molecule has 9 nitrogen and oxygen atoms in total. The van der Waals surface area contributed by atoms with Gasteiger partial charge < -0.3 is 0 Å². The van der Waals surface area contributed by atoms with Crippen molar-refractivity contribution in [3.8, 4) is 11.8 Å². The number of nitro benzene ring substituents is 2. The Bertz CT molecular complexity index is 759. The Morgan fingerprint density at radius 1 is 1.25 bits per heavy atom. The monoisotopic (exact) mass is 273 g/mol. The maximum atomic E-state index is 11.0. The van der Waals surface area contributed by atoms with Crippen LogP contribution in [0.5, 0.6) is 0 Å². The first kappa shape index (κ1) is 13.2. The van der Waals surface area contributed by atoms with Gasteiger partial charge in [-0.3, -0.25) is 20.2 Å². The topological polar surface area (TPSA) is 128 Å². The smallest absolute Gasteiger partial charge is 0.258 e. The Labute approximate surface area is 112 Å². The van der Waals surface area contributed by atoms with Crippen LogP contribution in [0.3, 0.4) is 0 Å². The fourth-order valence-corrected chi connectivity index (χ4v) is 1.72. The van der Waals surface area contributed by atoms with Gasteiger partial charge in [-0.15, -0.1) is 0 Å². The molecule has 0 amide bonds. The van der Waals surface area contributed by atoms with Crippen molar-refractivity contribution in [2.75, 3.05) is 0 Å². The van der Waals surface area contributed by atoms with Crippen LogP contribution in [0.4, 0.5) is 11.4 Å². The van der Waals surface area contributed by atoms with Crippen LogP contribution in [0.15, 0.2) is 24.3 Å². The van der Waals surface area contributed by atoms with E-state index < -0.39 is 15.5 Å². The highest BCUT2D eigenvalue weighted by Gasteiger charge is 2.22. The van der Waals surface area contributed by atoms with E-state index in [2.05, 4.69) is 5.10 Å². The molecule has 2 rings (SSSR count). The maximum absolute atomic E-state index is 11.0. The van der Waals surface area contributed by atoms with Crippen molar-refractivity contribution in [3.05, 3.63) is 55.9 Å². The summed E-state index contributed by atoms with van der Waals surface area (Å²) in [5, 5.41) is 34.4. The van der Waals surface area contributed by atoms with Gasteiger partial charge in [0.05, 0.1) is 15.9 Å². The summed E-state index contributed by atoms with van der Waals surface area (Å²) >= 11 is 0. The van der Waals surface area contributed by atoms with Crippen molar-refractivity contribution >= 4 is 11.4 Å². The molecule has 1 aromatic heterocycles. The molecule has 0 fully saturated rings. The first-order valence-electron chi connectivity index (χ1n) is 5.34. The third kappa shape index (κ3) is 2.17. The standard InChI is InChI=1S/C11H7N5O4/c1-7-4-8(6-12)13-14(7)10-3-2-9(15(17)18)5-11(10)16(19)20/h2-5H,1H3. The van der Waals surface area contributed by atoms with Crippen LogP contribution in [0.2, 0.25) is 0 Å². The van der Waals surface area contributed by atoms with E-state index in [1.165, 1.54) is 16.8 Å². The zero-order chi connectivity index (χ0) is 14.9. The quantitative estimate of drug-likeness (QED) is 0.620. The Morgan fingerprint density at radius 2 is 1.95 bits per heavy atom. The molecule has 1 aromatic carbocycles. The molecule has 0 aliphatic carbocycles. The average Bonchev–Trinajstić information content (AvgIpc) is 2.79. The van der Waals surface area contributed by atoms with E-state index in [9.17, 15) is 20.2 Å². The fraction of sp³-hybridized carbons (Fsp3) is 0.0909. The normalized spacial score (nSPS) is 10.0. The van der Waals surface area contributed by atoms with Crippen LogP contribution in [0.25, 0.3) is 5.69 Å². The summed E-state index contributed by atoms with van der Waals surface area (Å²) in [6.07, 6.45) is 0. The molecular weight excluding hydrogens is 266 g/mol. The molecule has 20 heavy (non-hydrogen) atoms. The Hall–Kier alpha value is -3.28. The van der Waals surface area contributed by atoms with Gasteiger partial charge in [-0.25, -0.2) is 4.68 Å². The highest BCUT2D eigenvalue weighted by molar-refractivity contribution is 5.58. The van der Waals surface area contributed by atoms with Crippen LogP contribution < -0.4 is 0 Å². The van der Waals surface area contributed by atoms with Crippen LogP contribution in [-0.2, 0) is 0 Å². The number of nitrogens with zero attached hydrogens (tertiary/aromatic N) is 5. The number of hydrogen-bond acceptors (Lipinski definition) is 6. The molecule has 0 bridgehead atoms. The van der Waals surface area contributed by atoms with E-state index in [0.29, 0.717) is 5.69 Å². The lowest BCUT2D eigenvalue weighted by atomic mass is 10.2. The first-order valence-corrected chi connectivity index (χ1v) is 5.34. The maximum Gasteiger partial charge on any atom is 0.301 e. The summed E-state index contributed by atoms with van der Waals surface area (Å²) in [6.45, 7) is 1.62. The van der Waals surface area contributed by atoms with Gasteiger partial charge in [0.1, 0.15) is 11.8 Å². The van der Waals surface area contributed by atoms with Crippen LogP contribution >= 0.6 is 0 Å². The fourth-order valence-electron chi connectivity index (χ4n) is 1.72.